The lowest BCUT2D eigenvalue weighted by Gasteiger charge is -2.43. The third-order valence-corrected chi connectivity index (χ3v) is 15.7. The Hall–Kier alpha value is -3.73. The maximum atomic E-state index is 15.0. The van der Waals surface area contributed by atoms with Crippen molar-refractivity contribution in [2.45, 2.75) is 67.2 Å². The summed E-state index contributed by atoms with van der Waals surface area (Å²) in [5, 5.41) is 9.44. The molecule has 55 heavy (non-hydrogen) atoms. The molecule has 2 aliphatic rings. The summed E-state index contributed by atoms with van der Waals surface area (Å²) in [6, 6.07) is 13.1. The number of ether oxygens (including phenoxy) is 1. The molecule has 2 amide bonds. The van der Waals surface area contributed by atoms with Gasteiger partial charge in [0.1, 0.15) is 5.58 Å². The van der Waals surface area contributed by atoms with Crippen LogP contribution in [0.4, 0.5) is 0 Å². The van der Waals surface area contributed by atoms with Crippen LogP contribution in [0.25, 0.3) is 11.0 Å². The summed E-state index contributed by atoms with van der Waals surface area (Å²) in [5.74, 6) is -3.90. The minimum atomic E-state index is -3.67. The van der Waals surface area contributed by atoms with Gasteiger partial charge in [0, 0.05) is 52.6 Å². The van der Waals surface area contributed by atoms with Gasteiger partial charge in [0.2, 0.25) is 0 Å². The summed E-state index contributed by atoms with van der Waals surface area (Å²) in [5.41, 5.74) is 6.11. The molecule has 0 radical (unpaired) electrons. The predicted octanol–water partition coefficient (Wildman–Crippen LogP) is 6.57. The maximum Gasteiger partial charge on any atom is 0.312 e. The maximum absolute atomic E-state index is 15.0. The van der Waals surface area contributed by atoms with Crippen molar-refractivity contribution >= 4 is 88.8 Å². The number of furan rings is 1. The van der Waals surface area contributed by atoms with Crippen LogP contribution < -0.4 is 5.73 Å². The first-order valence-corrected chi connectivity index (χ1v) is 22.7. The minimum absolute atomic E-state index is 0.00918. The molecule has 1 saturated heterocycles. The molecule has 5 atom stereocenters. The molecule has 3 N–H and O–H groups in total. The number of primary amides is 1. The Bertz CT molecular complexity index is 2280. The fraction of sp³-hybridized carbons (Fsp3) is 0.368. The summed E-state index contributed by atoms with van der Waals surface area (Å²) in [4.78, 5) is 55.2. The molecule has 3 unspecified atom stereocenters. The van der Waals surface area contributed by atoms with Crippen LogP contribution in [0, 0.1) is 5.92 Å². The third-order valence-electron chi connectivity index (χ3n) is 10.2. The van der Waals surface area contributed by atoms with E-state index in [1.165, 1.54) is 40.2 Å². The van der Waals surface area contributed by atoms with E-state index < -0.39 is 66.6 Å². The standard InChI is InChI=1S/C38H38Cl2N2O10S3/c1-38(13-4-7-31(43)44,30-12-16-53-54(30)48)52-37(47)27(18-21-5-3-6-24(17-21)55(2,49)50)34-26-20-28(39)32(35(41)45)33(40)25(26)10-14-42(34)36(46)23-9-8-22-11-15-51-29(22)19-23/h3,5-6,8-9,11,15,17,19-20,27,30,34H,4,7,10,12-14,16,18H2,1-2H3,(H2,41,45)(H,43,44)/t27-,30+,34?,38?,54?/m0/s1. The number of nitrogens with zero attached hydrogens (tertiary/aromatic N) is 1. The normalized spacial score (nSPS) is 20.1. The van der Waals surface area contributed by atoms with Gasteiger partial charge in [0.15, 0.2) is 20.7 Å². The quantitative estimate of drug-likeness (QED) is 0.0839. The van der Waals surface area contributed by atoms with Gasteiger partial charge in [0.05, 0.1) is 49.5 Å². The molecule has 6 rings (SSSR count). The Balaban J connectivity index is 1.53. The van der Waals surface area contributed by atoms with Crippen LogP contribution in [0.1, 0.15) is 76.1 Å². The van der Waals surface area contributed by atoms with Crippen molar-refractivity contribution in [1.29, 1.82) is 0 Å². The van der Waals surface area contributed by atoms with Gasteiger partial charge in [-0.2, -0.15) is 0 Å². The molecule has 0 aliphatic carbocycles. The van der Waals surface area contributed by atoms with Crippen molar-refractivity contribution in [3.05, 3.63) is 98.7 Å². The van der Waals surface area contributed by atoms with Gasteiger partial charge in [-0.15, -0.1) is 0 Å². The molecule has 0 spiro atoms. The lowest BCUT2D eigenvalue weighted by molar-refractivity contribution is -0.167. The van der Waals surface area contributed by atoms with Crippen LogP contribution >= 0.6 is 34.0 Å². The zero-order chi connectivity index (χ0) is 39.8. The van der Waals surface area contributed by atoms with Crippen molar-refractivity contribution in [2.24, 2.45) is 11.7 Å². The number of rotatable bonds is 13. The largest absolute Gasteiger partial charge is 0.605 e. The molecule has 0 bridgehead atoms. The monoisotopic (exact) mass is 848 g/mol. The topological polar surface area (TPSA) is 197 Å². The lowest BCUT2D eigenvalue weighted by atomic mass is 9.80. The number of hydrogen-bond acceptors (Lipinski definition) is 10. The summed E-state index contributed by atoms with van der Waals surface area (Å²) in [7, 11) is -3.90. The molecular weight excluding hydrogens is 812 g/mol. The highest BCUT2D eigenvalue weighted by atomic mass is 35.5. The number of carbonyl (C=O) groups is 4. The molecule has 4 aromatic rings. The van der Waals surface area contributed by atoms with Crippen LogP contribution in [-0.4, -0.2) is 76.1 Å². The average Bonchev–Trinajstić information content (AvgIpc) is 3.78. The number of carbonyl (C=O) groups excluding carboxylic acids is 3. The third kappa shape index (κ3) is 8.66. The second kappa shape index (κ2) is 16.4. The Kier molecular flexibility index (Phi) is 12.2. The number of esters is 1. The highest BCUT2D eigenvalue weighted by Crippen LogP contribution is 2.46. The van der Waals surface area contributed by atoms with Crippen LogP contribution in [-0.2, 0) is 47.2 Å². The predicted molar refractivity (Wildman–Crippen MR) is 210 cm³/mol. The summed E-state index contributed by atoms with van der Waals surface area (Å²) in [6.07, 6.45) is 3.03. The van der Waals surface area contributed by atoms with Crippen LogP contribution in [0.5, 0.6) is 0 Å². The Morgan fingerprint density at radius 3 is 2.60 bits per heavy atom. The molecule has 1 fully saturated rings. The number of carboxylic acid groups (broad SMARTS) is 1. The highest BCUT2D eigenvalue weighted by Gasteiger charge is 2.51. The molecule has 1 aromatic heterocycles. The van der Waals surface area contributed by atoms with Crippen molar-refractivity contribution in [2.75, 3.05) is 18.6 Å². The number of nitrogens with two attached hydrogens (primary N) is 1. The summed E-state index contributed by atoms with van der Waals surface area (Å²) < 4.78 is 50.5. The summed E-state index contributed by atoms with van der Waals surface area (Å²) >= 11 is 13.5. The number of carboxylic acids is 1. The zero-order valence-electron chi connectivity index (χ0n) is 29.8. The number of amides is 2. The smallest absolute Gasteiger partial charge is 0.312 e. The fourth-order valence-electron chi connectivity index (χ4n) is 7.46. The van der Waals surface area contributed by atoms with E-state index in [2.05, 4.69) is 0 Å². The Morgan fingerprint density at radius 2 is 1.93 bits per heavy atom. The number of aliphatic carboxylic acids is 1. The van der Waals surface area contributed by atoms with Crippen molar-refractivity contribution in [3.63, 3.8) is 0 Å². The average molecular weight is 850 g/mol. The van der Waals surface area contributed by atoms with E-state index >= 15 is 4.79 Å². The van der Waals surface area contributed by atoms with E-state index in [4.69, 9.17) is 38.1 Å². The fourth-order valence-corrected chi connectivity index (χ4v) is 12.8. The van der Waals surface area contributed by atoms with Gasteiger partial charge in [0.25, 0.3) is 11.8 Å². The van der Waals surface area contributed by atoms with Gasteiger partial charge in [-0.3, -0.25) is 19.2 Å². The van der Waals surface area contributed by atoms with Crippen LogP contribution in [0.2, 0.25) is 10.0 Å². The molecule has 2 aliphatic heterocycles. The van der Waals surface area contributed by atoms with E-state index in [1.807, 2.05) is 0 Å². The summed E-state index contributed by atoms with van der Waals surface area (Å²) in [6.45, 7) is 1.67. The second-order valence-corrected chi connectivity index (χ2v) is 20.1. The number of sulfone groups is 1. The Morgan fingerprint density at radius 1 is 1.16 bits per heavy atom. The molecule has 292 valence electrons. The van der Waals surface area contributed by atoms with E-state index in [0.29, 0.717) is 34.4 Å². The van der Waals surface area contributed by atoms with Crippen molar-refractivity contribution in [1.82, 2.24) is 4.90 Å². The lowest BCUT2D eigenvalue weighted by Crippen LogP contribution is -2.50. The molecular formula is C38H38Cl2N2O10S3. The van der Waals surface area contributed by atoms with E-state index in [1.54, 1.807) is 43.3 Å². The van der Waals surface area contributed by atoms with Gasteiger partial charge in [-0.25, -0.2) is 8.42 Å². The molecule has 17 heteroatoms. The number of fused-ring (bicyclic) bond motifs is 2. The van der Waals surface area contributed by atoms with Gasteiger partial charge in [-0.1, -0.05) is 41.4 Å². The molecule has 0 saturated carbocycles. The Labute approximate surface area is 334 Å². The molecule has 12 nitrogen and oxygen atoms in total. The number of benzene rings is 3. The van der Waals surface area contributed by atoms with Gasteiger partial charge in [-0.05, 0) is 85.7 Å². The van der Waals surface area contributed by atoms with Crippen LogP contribution in [0.3, 0.4) is 0 Å². The number of hydrogen-bond donors (Lipinski definition) is 2. The first-order chi connectivity index (χ1) is 26.0. The first-order valence-electron chi connectivity index (χ1n) is 17.3. The zero-order valence-corrected chi connectivity index (χ0v) is 33.8. The van der Waals surface area contributed by atoms with Crippen molar-refractivity contribution in [3.8, 4) is 0 Å². The second-order valence-electron chi connectivity index (χ2n) is 13.9. The number of halogens is 2. The van der Waals surface area contributed by atoms with Gasteiger partial charge >= 0.3 is 11.9 Å². The van der Waals surface area contributed by atoms with E-state index in [0.717, 1.165) is 11.6 Å². The molecule has 3 heterocycles. The minimum Gasteiger partial charge on any atom is -0.605 e. The van der Waals surface area contributed by atoms with Crippen molar-refractivity contribution < 1.29 is 46.4 Å². The van der Waals surface area contributed by atoms with Crippen LogP contribution in [0.15, 0.2) is 70.2 Å². The highest BCUT2D eigenvalue weighted by molar-refractivity contribution is 8.72. The van der Waals surface area contributed by atoms with Gasteiger partial charge < -0.3 is 29.4 Å². The van der Waals surface area contributed by atoms with E-state index in [-0.39, 0.29) is 64.7 Å². The molecule has 3 aromatic carbocycles. The SMILES string of the molecule is CC(CCCC(=O)O)(OC(=O)[C@@H](Cc1cccc(S(C)(=O)=O)c1)C1c2cc(Cl)c(C(N)=O)c(Cl)c2CCN1C(=O)c1ccc2ccoc2c1)[C@H]1CCS[S+]1[O-]. The first kappa shape index (κ1) is 40.9. The van der Waals surface area contributed by atoms with E-state index in [9.17, 15) is 32.5 Å².